The molecule has 0 bridgehead atoms. The van der Waals surface area contributed by atoms with E-state index in [1.165, 1.54) is 0 Å². The largest absolute Gasteiger partial charge is 0.497 e. The standard InChI is InChI=1S/C25H29N3O4/c1-4-31-22-12-11-18(16-23(22)32-5-2)13-15-27-25(29)21-10-7-14-26-24(21)28-19-8-6-9-20(17-19)30-3/h6-12,14,16-17H,4-5,13,15H2,1-3H3,(H,26,28)(H,27,29). The number of rotatable bonds is 11. The number of ether oxygens (including phenoxy) is 3. The predicted molar refractivity (Wildman–Crippen MR) is 125 cm³/mol. The van der Waals surface area contributed by atoms with E-state index in [9.17, 15) is 4.79 Å². The van der Waals surface area contributed by atoms with Crippen LogP contribution in [0, 0.1) is 0 Å². The van der Waals surface area contributed by atoms with Gasteiger partial charge in [0.1, 0.15) is 11.6 Å². The number of carbonyl (C=O) groups is 1. The summed E-state index contributed by atoms with van der Waals surface area (Å²) in [7, 11) is 1.61. The molecule has 0 aliphatic rings. The highest BCUT2D eigenvalue weighted by Crippen LogP contribution is 2.28. The molecule has 0 saturated heterocycles. The lowest BCUT2D eigenvalue weighted by Gasteiger charge is -2.13. The van der Waals surface area contributed by atoms with Gasteiger partial charge in [-0.05, 0) is 62.2 Å². The van der Waals surface area contributed by atoms with Crippen LogP contribution in [0.15, 0.2) is 60.8 Å². The molecule has 7 nitrogen and oxygen atoms in total. The van der Waals surface area contributed by atoms with Gasteiger partial charge in [0, 0.05) is 24.5 Å². The second kappa shape index (κ2) is 11.6. The van der Waals surface area contributed by atoms with Crippen LogP contribution in [-0.2, 0) is 6.42 Å². The molecule has 0 fully saturated rings. The number of benzene rings is 2. The van der Waals surface area contributed by atoms with Crippen molar-refractivity contribution >= 4 is 17.4 Å². The van der Waals surface area contributed by atoms with E-state index in [0.717, 1.165) is 28.5 Å². The zero-order valence-corrected chi connectivity index (χ0v) is 18.7. The maximum Gasteiger partial charge on any atom is 0.255 e. The molecule has 0 unspecified atom stereocenters. The summed E-state index contributed by atoms with van der Waals surface area (Å²) in [4.78, 5) is 17.2. The van der Waals surface area contributed by atoms with Gasteiger partial charge in [-0.2, -0.15) is 0 Å². The Kier molecular flexibility index (Phi) is 8.31. The maximum atomic E-state index is 12.8. The Morgan fingerprint density at radius 1 is 0.969 bits per heavy atom. The molecule has 2 N–H and O–H groups in total. The van der Waals surface area contributed by atoms with Crippen LogP contribution in [0.3, 0.4) is 0 Å². The Hall–Kier alpha value is -3.74. The first kappa shape index (κ1) is 22.9. The molecule has 7 heteroatoms. The van der Waals surface area contributed by atoms with Gasteiger partial charge in [0.25, 0.3) is 5.91 Å². The predicted octanol–water partition coefficient (Wildman–Crippen LogP) is 4.60. The van der Waals surface area contributed by atoms with Gasteiger partial charge in [0.15, 0.2) is 11.5 Å². The molecule has 0 aliphatic heterocycles. The monoisotopic (exact) mass is 435 g/mol. The third-order valence-corrected chi connectivity index (χ3v) is 4.69. The zero-order valence-electron chi connectivity index (χ0n) is 18.7. The Labute approximate surface area is 188 Å². The van der Waals surface area contributed by atoms with Crippen molar-refractivity contribution in [2.45, 2.75) is 20.3 Å². The molecule has 2 aromatic carbocycles. The molecular weight excluding hydrogens is 406 g/mol. The third kappa shape index (κ3) is 6.14. The molecule has 3 aromatic rings. The Morgan fingerprint density at radius 2 is 1.78 bits per heavy atom. The van der Waals surface area contributed by atoms with Gasteiger partial charge in [0.2, 0.25) is 0 Å². The zero-order chi connectivity index (χ0) is 22.8. The lowest BCUT2D eigenvalue weighted by Crippen LogP contribution is -2.26. The molecule has 0 atom stereocenters. The van der Waals surface area contributed by atoms with E-state index in [2.05, 4.69) is 15.6 Å². The lowest BCUT2D eigenvalue weighted by molar-refractivity contribution is 0.0954. The SMILES string of the molecule is CCOc1ccc(CCNC(=O)c2cccnc2Nc2cccc(OC)c2)cc1OCC. The van der Waals surface area contributed by atoms with Gasteiger partial charge >= 0.3 is 0 Å². The summed E-state index contributed by atoms with van der Waals surface area (Å²) >= 11 is 0. The summed E-state index contributed by atoms with van der Waals surface area (Å²) in [5, 5.41) is 6.17. The van der Waals surface area contributed by atoms with Gasteiger partial charge in [-0.25, -0.2) is 4.98 Å². The van der Waals surface area contributed by atoms with Crippen molar-refractivity contribution in [2.24, 2.45) is 0 Å². The molecule has 32 heavy (non-hydrogen) atoms. The summed E-state index contributed by atoms with van der Waals surface area (Å²) in [6.45, 7) is 5.49. The molecule has 1 aromatic heterocycles. The quantitative estimate of drug-likeness (QED) is 0.458. The van der Waals surface area contributed by atoms with Crippen LogP contribution in [0.2, 0.25) is 0 Å². The van der Waals surface area contributed by atoms with Gasteiger partial charge in [-0.1, -0.05) is 12.1 Å². The van der Waals surface area contributed by atoms with Gasteiger partial charge < -0.3 is 24.8 Å². The topological polar surface area (TPSA) is 81.7 Å². The van der Waals surface area contributed by atoms with E-state index < -0.39 is 0 Å². The van der Waals surface area contributed by atoms with Crippen molar-refractivity contribution in [3.63, 3.8) is 0 Å². The van der Waals surface area contributed by atoms with Gasteiger partial charge in [-0.15, -0.1) is 0 Å². The summed E-state index contributed by atoms with van der Waals surface area (Å²) in [5.74, 6) is 2.46. The number of hydrogen-bond donors (Lipinski definition) is 2. The van der Waals surface area contributed by atoms with Crippen molar-refractivity contribution in [3.8, 4) is 17.2 Å². The van der Waals surface area contributed by atoms with Crippen LogP contribution in [0.1, 0.15) is 29.8 Å². The average molecular weight is 436 g/mol. The molecule has 1 heterocycles. The lowest BCUT2D eigenvalue weighted by atomic mass is 10.1. The fourth-order valence-electron chi connectivity index (χ4n) is 3.19. The minimum absolute atomic E-state index is 0.195. The molecule has 0 aliphatic carbocycles. The number of nitrogens with one attached hydrogen (secondary N) is 2. The summed E-state index contributed by atoms with van der Waals surface area (Å²) in [6.07, 6.45) is 2.31. The van der Waals surface area contributed by atoms with Gasteiger partial charge in [-0.3, -0.25) is 4.79 Å². The summed E-state index contributed by atoms with van der Waals surface area (Å²) in [5.41, 5.74) is 2.31. The van der Waals surface area contributed by atoms with Crippen LogP contribution >= 0.6 is 0 Å². The number of pyridine rings is 1. The number of methoxy groups -OCH3 is 1. The first-order chi connectivity index (χ1) is 15.6. The second-order valence-corrected chi connectivity index (χ2v) is 6.91. The first-order valence-corrected chi connectivity index (χ1v) is 10.7. The number of nitrogens with zero attached hydrogens (tertiary/aromatic N) is 1. The highest BCUT2D eigenvalue weighted by molar-refractivity contribution is 5.99. The van der Waals surface area contributed by atoms with Crippen molar-refractivity contribution in [1.82, 2.24) is 10.3 Å². The molecule has 3 rings (SSSR count). The van der Waals surface area contributed by atoms with Crippen LogP contribution in [0.5, 0.6) is 17.2 Å². The number of amides is 1. The van der Waals surface area contributed by atoms with Crippen molar-refractivity contribution < 1.29 is 19.0 Å². The van der Waals surface area contributed by atoms with E-state index in [4.69, 9.17) is 14.2 Å². The molecule has 0 radical (unpaired) electrons. The van der Waals surface area contributed by atoms with Crippen molar-refractivity contribution in [1.29, 1.82) is 0 Å². The molecule has 0 spiro atoms. The van der Waals surface area contributed by atoms with Crippen molar-refractivity contribution in [2.75, 3.05) is 32.2 Å². The molecule has 168 valence electrons. The number of anilines is 2. The maximum absolute atomic E-state index is 12.8. The molecular formula is C25H29N3O4. The van der Waals surface area contributed by atoms with E-state index in [0.29, 0.717) is 37.6 Å². The van der Waals surface area contributed by atoms with Gasteiger partial charge in [0.05, 0.1) is 25.9 Å². The highest BCUT2D eigenvalue weighted by atomic mass is 16.5. The fourth-order valence-corrected chi connectivity index (χ4v) is 3.19. The minimum Gasteiger partial charge on any atom is -0.497 e. The molecule has 0 saturated carbocycles. The third-order valence-electron chi connectivity index (χ3n) is 4.69. The molecule has 1 amide bonds. The van der Waals surface area contributed by atoms with Crippen LogP contribution in [-0.4, -0.2) is 37.8 Å². The second-order valence-electron chi connectivity index (χ2n) is 6.91. The van der Waals surface area contributed by atoms with Crippen LogP contribution < -0.4 is 24.8 Å². The van der Waals surface area contributed by atoms with Crippen molar-refractivity contribution in [3.05, 3.63) is 71.9 Å². The van der Waals surface area contributed by atoms with E-state index in [1.54, 1.807) is 25.4 Å². The Morgan fingerprint density at radius 3 is 2.56 bits per heavy atom. The Bertz CT molecular complexity index is 1040. The van der Waals surface area contributed by atoms with Crippen LogP contribution in [0.4, 0.5) is 11.5 Å². The summed E-state index contributed by atoms with van der Waals surface area (Å²) < 4.78 is 16.5. The van der Waals surface area contributed by atoms with E-state index >= 15 is 0 Å². The number of aromatic nitrogens is 1. The van der Waals surface area contributed by atoms with E-state index in [1.807, 2.05) is 56.3 Å². The smallest absolute Gasteiger partial charge is 0.255 e. The normalized spacial score (nSPS) is 10.3. The minimum atomic E-state index is -0.195. The average Bonchev–Trinajstić information content (AvgIpc) is 2.81. The van der Waals surface area contributed by atoms with Crippen LogP contribution in [0.25, 0.3) is 0 Å². The first-order valence-electron chi connectivity index (χ1n) is 10.7. The summed E-state index contributed by atoms with van der Waals surface area (Å²) in [6, 6.07) is 16.8. The highest BCUT2D eigenvalue weighted by Gasteiger charge is 2.13. The fraction of sp³-hybridized carbons (Fsp3) is 0.280. The number of hydrogen-bond acceptors (Lipinski definition) is 6. The Balaban J connectivity index is 1.64. The van der Waals surface area contributed by atoms with E-state index in [-0.39, 0.29) is 5.91 Å². The number of carbonyl (C=O) groups excluding carboxylic acids is 1.